The van der Waals surface area contributed by atoms with E-state index in [9.17, 15) is 0 Å². The van der Waals surface area contributed by atoms with E-state index in [2.05, 4.69) is 40.6 Å². The van der Waals surface area contributed by atoms with E-state index in [-0.39, 0.29) is 11.4 Å². The lowest BCUT2D eigenvalue weighted by Crippen LogP contribution is -2.16. The molecule has 174 valence electrons. The number of nitrogen functional groups attached to an aromatic ring is 1. The number of rotatable bonds is 2. The van der Waals surface area contributed by atoms with Gasteiger partial charge in [0.1, 0.15) is 5.82 Å². The second-order valence-corrected chi connectivity index (χ2v) is 9.03. The molecule has 1 atom stereocenters. The molecule has 6 nitrogen and oxygen atoms in total. The first-order chi connectivity index (χ1) is 17.5. The molecule has 36 heavy (non-hydrogen) atoms. The topological polar surface area (TPSA) is 104 Å². The lowest BCUT2D eigenvalue weighted by Gasteiger charge is -2.06. The Balaban J connectivity index is 1.48. The SMILES string of the molecule is C=c1ccc2ccnc(N)/c(=C/c3[nH]cc4c3C=C/C(=C\c3c5c(ccnc3=N)C=C[C@@H]5C)N=C4)c1=2. The summed E-state index contributed by atoms with van der Waals surface area (Å²) in [6.07, 6.45) is 19.4. The van der Waals surface area contributed by atoms with Crippen molar-refractivity contribution in [1.82, 2.24) is 15.0 Å². The van der Waals surface area contributed by atoms with Crippen LogP contribution in [0.4, 0.5) is 5.82 Å². The summed E-state index contributed by atoms with van der Waals surface area (Å²) in [4.78, 5) is 16.7. The molecule has 0 saturated carbocycles. The van der Waals surface area contributed by atoms with Gasteiger partial charge in [-0.25, -0.2) is 9.97 Å². The molecule has 2 aromatic heterocycles. The zero-order valence-electron chi connectivity index (χ0n) is 19.8. The molecule has 4 heterocycles. The van der Waals surface area contributed by atoms with Crippen LogP contribution in [-0.4, -0.2) is 21.2 Å². The number of nitrogens with one attached hydrogen (secondary N) is 2. The normalized spacial score (nSPS) is 17.5. The van der Waals surface area contributed by atoms with E-state index in [1.54, 1.807) is 12.4 Å². The monoisotopic (exact) mass is 468 g/mol. The van der Waals surface area contributed by atoms with Gasteiger partial charge in [-0.3, -0.25) is 10.4 Å². The van der Waals surface area contributed by atoms with Crippen LogP contribution < -0.4 is 21.7 Å². The van der Waals surface area contributed by atoms with Gasteiger partial charge in [0.05, 0.1) is 5.70 Å². The molecule has 2 aliphatic heterocycles. The summed E-state index contributed by atoms with van der Waals surface area (Å²) in [5.74, 6) is 0.664. The number of aliphatic imine (C=N–C) groups is 1. The molecule has 0 aromatic carbocycles. The molecule has 6 heteroatoms. The molecule has 0 saturated heterocycles. The lowest BCUT2D eigenvalue weighted by molar-refractivity contribution is 0.973. The first-order valence-electron chi connectivity index (χ1n) is 11.7. The second kappa shape index (κ2) is 8.43. The zero-order chi connectivity index (χ0) is 24.8. The Hall–Kier alpha value is -4.84. The fourth-order valence-electron chi connectivity index (χ4n) is 4.94. The summed E-state index contributed by atoms with van der Waals surface area (Å²) in [6.45, 7) is 6.31. The van der Waals surface area contributed by atoms with Crippen LogP contribution in [0.3, 0.4) is 0 Å². The van der Waals surface area contributed by atoms with Gasteiger partial charge >= 0.3 is 0 Å². The number of anilines is 1. The number of allylic oxidation sites excluding steroid dienone is 2. The van der Waals surface area contributed by atoms with E-state index < -0.39 is 0 Å². The van der Waals surface area contributed by atoms with Crippen molar-refractivity contribution >= 4 is 42.9 Å². The van der Waals surface area contributed by atoms with Crippen molar-refractivity contribution in [3.8, 4) is 0 Å². The van der Waals surface area contributed by atoms with Crippen LogP contribution in [0, 0.1) is 15.8 Å². The number of hydrogen-bond acceptors (Lipinski definition) is 5. The Morgan fingerprint density at radius 2 is 1.89 bits per heavy atom. The van der Waals surface area contributed by atoms with Gasteiger partial charge in [-0.05, 0) is 57.1 Å². The van der Waals surface area contributed by atoms with Gasteiger partial charge in [-0.2, -0.15) is 0 Å². The summed E-state index contributed by atoms with van der Waals surface area (Å²) < 4.78 is 0. The number of H-pyrrole nitrogens is 1. The number of hydrogen-bond donors (Lipinski definition) is 3. The molecule has 6 rings (SSSR count). The number of aromatic amines is 1. The van der Waals surface area contributed by atoms with E-state index in [1.165, 1.54) is 0 Å². The molecule has 0 fully saturated rings. The molecule has 4 aliphatic rings. The van der Waals surface area contributed by atoms with Crippen molar-refractivity contribution in [3.05, 3.63) is 121 Å². The van der Waals surface area contributed by atoms with Crippen molar-refractivity contribution in [2.75, 3.05) is 5.73 Å². The quantitative estimate of drug-likeness (QED) is 0.420. The number of nitrogens with two attached hydrogens (primary N) is 1. The summed E-state index contributed by atoms with van der Waals surface area (Å²) in [6, 6.07) is 7.93. The fourth-order valence-corrected chi connectivity index (χ4v) is 4.94. The van der Waals surface area contributed by atoms with Crippen LogP contribution in [0.2, 0.25) is 0 Å². The highest BCUT2D eigenvalue weighted by molar-refractivity contribution is 5.91. The van der Waals surface area contributed by atoms with Gasteiger partial charge in [0.2, 0.25) is 0 Å². The van der Waals surface area contributed by atoms with Gasteiger partial charge in [0, 0.05) is 58.3 Å². The van der Waals surface area contributed by atoms with Crippen molar-refractivity contribution < 1.29 is 0 Å². The molecule has 4 N–H and O–H groups in total. The predicted molar refractivity (Wildman–Crippen MR) is 145 cm³/mol. The predicted octanol–water partition coefficient (Wildman–Crippen LogP) is 3.45. The fraction of sp³-hybridized carbons (Fsp3) is 0.0667. The maximum absolute atomic E-state index is 8.49. The Morgan fingerprint density at radius 1 is 1.03 bits per heavy atom. The van der Waals surface area contributed by atoms with Crippen LogP contribution in [-0.2, 0) is 0 Å². The third kappa shape index (κ3) is 3.60. The maximum atomic E-state index is 8.49. The number of fused-ring (bicyclic) bond motifs is 2. The van der Waals surface area contributed by atoms with Crippen molar-refractivity contribution in [2.45, 2.75) is 12.8 Å². The highest BCUT2D eigenvalue weighted by atomic mass is 14.8. The lowest BCUT2D eigenvalue weighted by atomic mass is 9.98. The van der Waals surface area contributed by atoms with E-state index in [1.807, 2.05) is 61.0 Å². The molecule has 2 aromatic rings. The molecule has 0 radical (unpaired) electrons. The van der Waals surface area contributed by atoms with Gasteiger partial charge in [-0.15, -0.1) is 0 Å². The van der Waals surface area contributed by atoms with Crippen LogP contribution >= 0.6 is 0 Å². The number of nitrogens with zero attached hydrogens (tertiary/aromatic N) is 3. The highest BCUT2D eigenvalue weighted by Crippen LogP contribution is 2.31. The molecular weight excluding hydrogens is 444 g/mol. The minimum Gasteiger partial charge on any atom is -0.383 e. The minimum atomic E-state index is 0.219. The minimum absolute atomic E-state index is 0.219. The Kier molecular flexibility index (Phi) is 5.08. The van der Waals surface area contributed by atoms with Gasteiger partial charge in [0.25, 0.3) is 0 Å². The van der Waals surface area contributed by atoms with Crippen LogP contribution in [0.15, 0.2) is 65.7 Å². The van der Waals surface area contributed by atoms with Gasteiger partial charge in [-0.1, -0.05) is 43.9 Å². The third-order valence-corrected chi connectivity index (χ3v) is 6.76. The Morgan fingerprint density at radius 3 is 2.78 bits per heavy atom. The summed E-state index contributed by atoms with van der Waals surface area (Å²) in [5, 5.41) is 12.3. The van der Waals surface area contributed by atoms with Crippen molar-refractivity contribution in [2.24, 2.45) is 4.99 Å². The van der Waals surface area contributed by atoms with Crippen molar-refractivity contribution in [1.29, 1.82) is 5.41 Å². The van der Waals surface area contributed by atoms with E-state index in [4.69, 9.17) is 16.1 Å². The van der Waals surface area contributed by atoms with Gasteiger partial charge < -0.3 is 10.7 Å². The van der Waals surface area contributed by atoms with Crippen LogP contribution in [0.1, 0.15) is 46.4 Å². The Bertz CT molecular complexity index is 1910. The molecule has 0 spiro atoms. The summed E-state index contributed by atoms with van der Waals surface area (Å²) in [5.41, 5.74) is 13.2. The van der Waals surface area contributed by atoms with Gasteiger partial charge in [0.15, 0.2) is 5.49 Å². The second-order valence-electron chi connectivity index (χ2n) is 9.03. The van der Waals surface area contributed by atoms with E-state index in [0.717, 1.165) is 60.1 Å². The first kappa shape index (κ1) is 21.7. The molecular formula is C30H24N6. The average molecular weight is 469 g/mol. The van der Waals surface area contributed by atoms with Crippen molar-refractivity contribution in [3.63, 3.8) is 0 Å². The van der Waals surface area contributed by atoms with Crippen LogP contribution in [0.25, 0.3) is 30.9 Å². The molecule has 0 unspecified atom stereocenters. The Labute approximate surface area is 207 Å². The third-order valence-electron chi connectivity index (χ3n) is 6.76. The smallest absolute Gasteiger partial charge is 0.152 e. The first-order valence-corrected chi connectivity index (χ1v) is 11.7. The molecule has 2 aliphatic carbocycles. The standard InChI is InChI=1S/C30H24N6/c1-17-3-5-19-9-11-33-29(31)24(27(17)19)13-22-7-8-23-21(15-35-22)16-36-26(23)14-25-28-18(2)4-6-20(28)10-12-34-30(25)32/h3-17,31,36H,2H2,1H3,(H2,32,34)/b22-13+,25-14+,31-29?/t17-/m0/s1. The number of aromatic nitrogens is 3. The molecule has 0 amide bonds. The highest BCUT2D eigenvalue weighted by Gasteiger charge is 2.17. The van der Waals surface area contributed by atoms with E-state index >= 15 is 0 Å². The summed E-state index contributed by atoms with van der Waals surface area (Å²) >= 11 is 0. The summed E-state index contributed by atoms with van der Waals surface area (Å²) in [7, 11) is 0. The zero-order valence-corrected chi connectivity index (χ0v) is 19.8. The molecule has 0 bridgehead atoms. The largest absolute Gasteiger partial charge is 0.383 e. The van der Waals surface area contributed by atoms with Crippen LogP contribution in [0.5, 0.6) is 0 Å². The average Bonchev–Trinajstić information content (AvgIpc) is 3.41. The maximum Gasteiger partial charge on any atom is 0.152 e. The van der Waals surface area contributed by atoms with E-state index in [0.29, 0.717) is 5.82 Å².